The maximum absolute atomic E-state index is 12.2. The van der Waals surface area contributed by atoms with Crippen LogP contribution in [-0.2, 0) is 4.74 Å². The molecule has 156 valence electrons. The van der Waals surface area contributed by atoms with E-state index >= 15 is 0 Å². The van der Waals surface area contributed by atoms with Gasteiger partial charge in [-0.15, -0.1) is 0 Å². The van der Waals surface area contributed by atoms with Crippen LogP contribution < -0.4 is 4.90 Å². The van der Waals surface area contributed by atoms with E-state index < -0.39 is 5.60 Å². The van der Waals surface area contributed by atoms with Crippen LogP contribution in [0.5, 0.6) is 0 Å². The molecular formula is C23H31N3O3. The summed E-state index contributed by atoms with van der Waals surface area (Å²) in [6, 6.07) is 3.98. The van der Waals surface area contributed by atoms with Gasteiger partial charge in [-0.3, -0.25) is 4.98 Å². The summed E-state index contributed by atoms with van der Waals surface area (Å²) in [4.78, 5) is 20.6. The average molecular weight is 398 g/mol. The number of piperazine rings is 1. The van der Waals surface area contributed by atoms with Crippen molar-refractivity contribution in [3.05, 3.63) is 66.6 Å². The molecular weight excluding hydrogens is 366 g/mol. The highest BCUT2D eigenvalue weighted by molar-refractivity contribution is 5.68. The molecule has 6 heteroatoms. The topological polar surface area (TPSA) is 65.9 Å². The van der Waals surface area contributed by atoms with Crippen LogP contribution in [0.15, 0.2) is 60.9 Å². The third-order valence-corrected chi connectivity index (χ3v) is 4.27. The van der Waals surface area contributed by atoms with Crippen LogP contribution in [0.25, 0.3) is 6.08 Å². The Morgan fingerprint density at radius 2 is 1.86 bits per heavy atom. The zero-order valence-electron chi connectivity index (χ0n) is 17.6. The van der Waals surface area contributed by atoms with E-state index in [0.29, 0.717) is 18.7 Å². The molecule has 1 aromatic rings. The summed E-state index contributed by atoms with van der Waals surface area (Å²) in [6.45, 7) is 15.9. The molecule has 2 heterocycles. The van der Waals surface area contributed by atoms with Gasteiger partial charge in [0, 0.05) is 26.2 Å². The van der Waals surface area contributed by atoms with Crippen LogP contribution in [0.3, 0.4) is 0 Å². The van der Waals surface area contributed by atoms with E-state index in [-0.39, 0.29) is 12.7 Å². The first kappa shape index (κ1) is 22.4. The number of anilines is 1. The van der Waals surface area contributed by atoms with Gasteiger partial charge in [0.25, 0.3) is 0 Å². The lowest BCUT2D eigenvalue weighted by Crippen LogP contribution is -2.50. The number of nitrogens with zero attached hydrogens (tertiary/aromatic N) is 3. The van der Waals surface area contributed by atoms with Gasteiger partial charge < -0.3 is 19.6 Å². The highest BCUT2D eigenvalue weighted by atomic mass is 16.6. The van der Waals surface area contributed by atoms with E-state index in [1.54, 1.807) is 17.1 Å². The number of aliphatic hydroxyl groups is 1. The van der Waals surface area contributed by atoms with Crippen LogP contribution in [0.2, 0.25) is 0 Å². The molecule has 1 aliphatic rings. The van der Waals surface area contributed by atoms with Crippen molar-refractivity contribution in [2.24, 2.45) is 0 Å². The summed E-state index contributed by atoms with van der Waals surface area (Å²) in [7, 11) is 0. The number of allylic oxidation sites excluding steroid dienone is 3. The third-order valence-electron chi connectivity index (χ3n) is 4.27. The molecule has 2 rings (SSSR count). The van der Waals surface area contributed by atoms with Gasteiger partial charge in [0.1, 0.15) is 5.60 Å². The second-order valence-electron chi connectivity index (χ2n) is 7.95. The number of aliphatic hydroxyl groups excluding tert-OH is 1. The number of hydrogen-bond acceptors (Lipinski definition) is 5. The highest BCUT2D eigenvalue weighted by Crippen LogP contribution is 2.18. The Bertz CT molecular complexity index is 781. The van der Waals surface area contributed by atoms with Crippen molar-refractivity contribution in [1.29, 1.82) is 0 Å². The van der Waals surface area contributed by atoms with Crippen LogP contribution in [0.4, 0.5) is 10.5 Å². The largest absolute Gasteiger partial charge is 0.444 e. The van der Waals surface area contributed by atoms with E-state index in [0.717, 1.165) is 30.0 Å². The lowest BCUT2D eigenvalue weighted by molar-refractivity contribution is 0.0240. The van der Waals surface area contributed by atoms with Crippen molar-refractivity contribution in [2.45, 2.75) is 26.4 Å². The lowest BCUT2D eigenvalue weighted by atomic mass is 10.2. The molecule has 29 heavy (non-hydrogen) atoms. The predicted molar refractivity (Wildman–Crippen MR) is 118 cm³/mol. The second-order valence-corrected chi connectivity index (χ2v) is 7.95. The first-order valence-electron chi connectivity index (χ1n) is 9.70. The molecule has 6 nitrogen and oxygen atoms in total. The number of ether oxygens (including phenoxy) is 1. The Kier molecular flexibility index (Phi) is 7.79. The highest BCUT2D eigenvalue weighted by Gasteiger charge is 2.25. The maximum atomic E-state index is 12.2. The molecule has 1 amide bonds. The van der Waals surface area contributed by atoms with Crippen molar-refractivity contribution in [3.63, 3.8) is 0 Å². The van der Waals surface area contributed by atoms with Gasteiger partial charge in [-0.1, -0.05) is 31.4 Å². The van der Waals surface area contributed by atoms with Gasteiger partial charge in [-0.2, -0.15) is 0 Å². The lowest BCUT2D eigenvalue weighted by Gasteiger charge is -2.36. The predicted octanol–water partition coefficient (Wildman–Crippen LogP) is 3.81. The Morgan fingerprint density at radius 3 is 2.41 bits per heavy atom. The van der Waals surface area contributed by atoms with Gasteiger partial charge >= 0.3 is 6.09 Å². The van der Waals surface area contributed by atoms with Gasteiger partial charge in [-0.25, -0.2) is 4.79 Å². The Balaban J connectivity index is 1.87. The molecule has 1 aromatic heterocycles. The van der Waals surface area contributed by atoms with E-state index in [1.165, 1.54) is 0 Å². The molecule has 1 fully saturated rings. The molecule has 1 saturated heterocycles. The minimum atomic E-state index is -0.477. The smallest absolute Gasteiger partial charge is 0.410 e. The average Bonchev–Trinajstić information content (AvgIpc) is 2.69. The first-order valence-corrected chi connectivity index (χ1v) is 9.70. The number of carbonyl (C=O) groups is 1. The third kappa shape index (κ3) is 7.58. The molecule has 0 aromatic carbocycles. The van der Waals surface area contributed by atoms with E-state index in [1.807, 2.05) is 51.3 Å². The molecule has 1 aliphatic heterocycles. The van der Waals surface area contributed by atoms with Crippen molar-refractivity contribution >= 4 is 17.9 Å². The monoisotopic (exact) mass is 397 g/mol. The number of amides is 1. The normalized spacial score (nSPS) is 15.2. The molecule has 1 N–H and O–H groups in total. The fourth-order valence-corrected chi connectivity index (χ4v) is 2.68. The number of pyridine rings is 1. The number of aromatic nitrogens is 1. The van der Waals surface area contributed by atoms with Crippen molar-refractivity contribution < 1.29 is 14.6 Å². The standard InChI is InChI=1S/C23H31N3O3/c1-18(6-7-19(2)17-27)8-9-20-10-11-21(16-24-20)25-12-14-26(15-13-25)22(28)29-23(3,4)5/h6-11,16,27H,1-2,12-15,17H2,3-5H3/b7-6-,9-8+. The zero-order valence-corrected chi connectivity index (χ0v) is 17.6. The Morgan fingerprint density at radius 1 is 1.17 bits per heavy atom. The SMILES string of the molecule is C=C(/C=C\C(=C)CO)/C=C/c1ccc(N2CCN(C(=O)OC(C)(C)C)CC2)cn1. The van der Waals surface area contributed by atoms with Crippen LogP contribution in [-0.4, -0.2) is 59.5 Å². The molecule has 0 saturated carbocycles. The summed E-state index contributed by atoms with van der Waals surface area (Å²) >= 11 is 0. The maximum Gasteiger partial charge on any atom is 0.410 e. The summed E-state index contributed by atoms with van der Waals surface area (Å²) in [5.74, 6) is 0. The molecule has 0 aliphatic carbocycles. The molecule has 0 unspecified atom stereocenters. The first-order chi connectivity index (χ1) is 13.7. The summed E-state index contributed by atoms with van der Waals surface area (Å²) < 4.78 is 5.44. The number of carbonyl (C=O) groups excluding carboxylic acids is 1. The Labute approximate surface area is 173 Å². The summed E-state index contributed by atoms with van der Waals surface area (Å²) in [6.07, 6.45) is 8.87. The number of rotatable bonds is 6. The molecule has 0 atom stereocenters. The molecule has 0 radical (unpaired) electrons. The minimum absolute atomic E-state index is 0.0669. The van der Waals surface area contributed by atoms with Crippen molar-refractivity contribution in [2.75, 3.05) is 37.7 Å². The van der Waals surface area contributed by atoms with Crippen LogP contribution in [0, 0.1) is 0 Å². The van der Waals surface area contributed by atoms with Gasteiger partial charge in [0.05, 0.1) is 24.2 Å². The molecule has 0 bridgehead atoms. The van der Waals surface area contributed by atoms with Gasteiger partial charge in [0.2, 0.25) is 0 Å². The van der Waals surface area contributed by atoms with Crippen molar-refractivity contribution in [1.82, 2.24) is 9.88 Å². The quantitative estimate of drug-likeness (QED) is 0.740. The van der Waals surface area contributed by atoms with E-state index in [2.05, 4.69) is 23.0 Å². The van der Waals surface area contributed by atoms with E-state index in [4.69, 9.17) is 9.84 Å². The van der Waals surface area contributed by atoms with Gasteiger partial charge in [-0.05, 0) is 50.1 Å². The summed E-state index contributed by atoms with van der Waals surface area (Å²) in [5.41, 5.74) is 2.81. The zero-order chi connectivity index (χ0) is 21.4. The fraction of sp³-hybridized carbons (Fsp3) is 0.391. The van der Waals surface area contributed by atoms with Gasteiger partial charge in [0.15, 0.2) is 0 Å². The van der Waals surface area contributed by atoms with Crippen LogP contribution >= 0.6 is 0 Å². The van der Waals surface area contributed by atoms with E-state index in [9.17, 15) is 4.79 Å². The molecule has 0 spiro atoms. The fourth-order valence-electron chi connectivity index (χ4n) is 2.68. The number of hydrogen-bond donors (Lipinski definition) is 1. The van der Waals surface area contributed by atoms with Crippen molar-refractivity contribution in [3.8, 4) is 0 Å². The Hall–Kier alpha value is -2.86. The second kappa shape index (κ2) is 10.1. The van der Waals surface area contributed by atoms with Crippen LogP contribution in [0.1, 0.15) is 26.5 Å². The summed E-state index contributed by atoms with van der Waals surface area (Å²) in [5, 5.41) is 8.94. The minimum Gasteiger partial charge on any atom is -0.444 e.